The normalized spacial score (nSPS) is 11.5. The van der Waals surface area contributed by atoms with Crippen LogP contribution in [0.15, 0.2) is 36.4 Å². The van der Waals surface area contributed by atoms with E-state index in [4.69, 9.17) is 16.3 Å². The van der Waals surface area contributed by atoms with E-state index in [0.717, 1.165) is 11.3 Å². The molecule has 0 aliphatic heterocycles. The monoisotopic (exact) mass is 304 g/mol. The van der Waals surface area contributed by atoms with Gasteiger partial charge in [-0.1, -0.05) is 23.7 Å². The Balaban J connectivity index is 2.10. The number of ether oxygens (including phenoxy) is 1. The molecule has 1 aromatic carbocycles. The summed E-state index contributed by atoms with van der Waals surface area (Å²) in [5, 5.41) is 4.00. The molecule has 21 heavy (non-hydrogen) atoms. The molecule has 3 nitrogen and oxygen atoms in total. The van der Waals surface area contributed by atoms with Crippen molar-refractivity contribution >= 4 is 11.6 Å². The Hall–Kier alpha value is -1.58. The fourth-order valence-electron chi connectivity index (χ4n) is 1.77. The summed E-state index contributed by atoms with van der Waals surface area (Å²) in [6.07, 6.45) is 0. The third kappa shape index (κ3) is 5.03. The number of hydrogen-bond acceptors (Lipinski definition) is 3. The number of nitrogens with one attached hydrogen (secondary N) is 1. The summed E-state index contributed by atoms with van der Waals surface area (Å²) in [6.45, 7) is 9.06. The molecule has 0 amide bonds. The highest BCUT2D eigenvalue weighted by Crippen LogP contribution is 2.29. The Morgan fingerprint density at radius 3 is 2.62 bits per heavy atom. The van der Waals surface area contributed by atoms with Gasteiger partial charge in [-0.25, -0.2) is 4.98 Å². The van der Waals surface area contributed by atoms with E-state index >= 15 is 0 Å². The van der Waals surface area contributed by atoms with Crippen LogP contribution in [0.2, 0.25) is 5.02 Å². The van der Waals surface area contributed by atoms with Gasteiger partial charge in [0.2, 0.25) is 5.88 Å². The van der Waals surface area contributed by atoms with Crippen molar-refractivity contribution in [2.75, 3.05) is 0 Å². The molecule has 0 aliphatic carbocycles. The minimum atomic E-state index is 0.0544. The van der Waals surface area contributed by atoms with Gasteiger partial charge in [0.25, 0.3) is 0 Å². The zero-order valence-corrected chi connectivity index (χ0v) is 13.7. The fourth-order valence-corrected chi connectivity index (χ4v) is 2.04. The standard InChI is InChI=1S/C17H21ClN2O/c1-12-8-9-15(14(18)10-12)21-16-7-5-6-13(20-16)11-19-17(2,3)4/h5-10,19H,11H2,1-4H3. The van der Waals surface area contributed by atoms with Gasteiger partial charge in [0.1, 0.15) is 5.75 Å². The minimum Gasteiger partial charge on any atom is -0.437 e. The Bertz CT molecular complexity index is 620. The van der Waals surface area contributed by atoms with E-state index in [2.05, 4.69) is 31.1 Å². The van der Waals surface area contributed by atoms with Crippen molar-refractivity contribution in [1.29, 1.82) is 0 Å². The zero-order chi connectivity index (χ0) is 15.5. The van der Waals surface area contributed by atoms with Gasteiger partial charge in [0.15, 0.2) is 0 Å². The molecule has 0 unspecified atom stereocenters. The topological polar surface area (TPSA) is 34.1 Å². The van der Waals surface area contributed by atoms with Gasteiger partial charge in [0, 0.05) is 18.2 Å². The third-order valence-corrected chi connectivity index (χ3v) is 3.18. The molecule has 0 bridgehead atoms. The lowest BCUT2D eigenvalue weighted by Crippen LogP contribution is -2.35. The van der Waals surface area contributed by atoms with Crippen molar-refractivity contribution in [3.63, 3.8) is 0 Å². The molecular formula is C17H21ClN2O. The Labute approximate surface area is 131 Å². The van der Waals surface area contributed by atoms with E-state index in [1.54, 1.807) is 0 Å². The first kappa shape index (κ1) is 15.8. The highest BCUT2D eigenvalue weighted by Gasteiger charge is 2.10. The first-order valence-electron chi connectivity index (χ1n) is 6.98. The van der Waals surface area contributed by atoms with Crippen molar-refractivity contribution in [3.8, 4) is 11.6 Å². The van der Waals surface area contributed by atoms with Crippen LogP contribution < -0.4 is 10.1 Å². The van der Waals surface area contributed by atoms with Gasteiger partial charge in [-0.05, 0) is 51.5 Å². The van der Waals surface area contributed by atoms with E-state index in [1.807, 2.05) is 43.3 Å². The summed E-state index contributed by atoms with van der Waals surface area (Å²) in [7, 11) is 0. The predicted octanol–water partition coefficient (Wildman–Crippen LogP) is 4.72. The lowest BCUT2D eigenvalue weighted by Gasteiger charge is -2.20. The van der Waals surface area contributed by atoms with Gasteiger partial charge in [-0.15, -0.1) is 0 Å². The highest BCUT2D eigenvalue weighted by atomic mass is 35.5. The fraction of sp³-hybridized carbons (Fsp3) is 0.353. The molecule has 0 fully saturated rings. The molecule has 0 spiro atoms. The molecule has 2 aromatic rings. The molecule has 1 aromatic heterocycles. The molecule has 0 aliphatic rings. The first-order chi connectivity index (χ1) is 9.83. The molecular weight excluding hydrogens is 284 g/mol. The number of aromatic nitrogens is 1. The number of pyridine rings is 1. The SMILES string of the molecule is Cc1ccc(Oc2cccc(CNC(C)(C)C)n2)c(Cl)c1. The van der Waals surface area contributed by atoms with Crippen molar-refractivity contribution in [2.45, 2.75) is 39.8 Å². The molecule has 0 saturated carbocycles. The molecule has 4 heteroatoms. The van der Waals surface area contributed by atoms with Crippen molar-refractivity contribution in [1.82, 2.24) is 10.3 Å². The number of rotatable bonds is 4. The van der Waals surface area contributed by atoms with E-state index in [0.29, 0.717) is 23.2 Å². The summed E-state index contributed by atoms with van der Waals surface area (Å²) in [5.74, 6) is 1.17. The second kappa shape index (κ2) is 6.46. The maximum absolute atomic E-state index is 6.18. The van der Waals surface area contributed by atoms with Gasteiger partial charge in [0.05, 0.1) is 10.7 Å². The van der Waals surface area contributed by atoms with Gasteiger partial charge >= 0.3 is 0 Å². The van der Waals surface area contributed by atoms with Gasteiger partial charge in [-0.3, -0.25) is 0 Å². The van der Waals surface area contributed by atoms with Crippen molar-refractivity contribution < 1.29 is 4.74 Å². The summed E-state index contributed by atoms with van der Waals surface area (Å²) in [5.41, 5.74) is 2.09. The van der Waals surface area contributed by atoms with E-state index in [1.165, 1.54) is 0 Å². The maximum Gasteiger partial charge on any atom is 0.219 e. The van der Waals surface area contributed by atoms with Crippen LogP contribution in [-0.4, -0.2) is 10.5 Å². The molecule has 0 saturated heterocycles. The third-order valence-electron chi connectivity index (χ3n) is 2.88. The molecule has 0 atom stereocenters. The molecule has 2 rings (SSSR count). The summed E-state index contributed by atoms with van der Waals surface area (Å²) >= 11 is 6.18. The minimum absolute atomic E-state index is 0.0544. The lowest BCUT2D eigenvalue weighted by atomic mass is 10.1. The average Bonchev–Trinajstić information content (AvgIpc) is 2.39. The number of benzene rings is 1. The maximum atomic E-state index is 6.18. The average molecular weight is 305 g/mol. The highest BCUT2D eigenvalue weighted by molar-refractivity contribution is 6.32. The second-order valence-electron chi connectivity index (χ2n) is 6.11. The zero-order valence-electron chi connectivity index (χ0n) is 12.9. The molecule has 1 heterocycles. The summed E-state index contributed by atoms with van der Waals surface area (Å²) in [4.78, 5) is 4.49. The van der Waals surface area contributed by atoms with Crippen LogP contribution in [0.3, 0.4) is 0 Å². The second-order valence-corrected chi connectivity index (χ2v) is 6.51. The van der Waals surface area contributed by atoms with Crippen LogP contribution >= 0.6 is 11.6 Å². The largest absolute Gasteiger partial charge is 0.437 e. The van der Waals surface area contributed by atoms with Crippen LogP contribution in [0, 0.1) is 6.92 Å². The molecule has 0 radical (unpaired) electrons. The smallest absolute Gasteiger partial charge is 0.219 e. The van der Waals surface area contributed by atoms with Crippen LogP contribution in [0.5, 0.6) is 11.6 Å². The van der Waals surface area contributed by atoms with Crippen LogP contribution in [0.4, 0.5) is 0 Å². The van der Waals surface area contributed by atoms with Crippen molar-refractivity contribution in [2.24, 2.45) is 0 Å². The summed E-state index contributed by atoms with van der Waals surface area (Å²) in [6, 6.07) is 11.4. The number of nitrogens with zero attached hydrogens (tertiary/aromatic N) is 1. The number of hydrogen-bond donors (Lipinski definition) is 1. The predicted molar refractivity (Wildman–Crippen MR) is 87.1 cm³/mol. The first-order valence-corrected chi connectivity index (χ1v) is 7.36. The number of halogens is 1. The van der Waals surface area contributed by atoms with Crippen LogP contribution in [0.25, 0.3) is 0 Å². The van der Waals surface area contributed by atoms with Crippen LogP contribution in [-0.2, 0) is 6.54 Å². The quantitative estimate of drug-likeness (QED) is 0.887. The number of aryl methyl sites for hydroxylation is 1. The molecule has 1 N–H and O–H groups in total. The summed E-state index contributed by atoms with van der Waals surface area (Å²) < 4.78 is 5.77. The molecule has 112 valence electrons. The van der Waals surface area contributed by atoms with Gasteiger partial charge in [-0.2, -0.15) is 0 Å². The van der Waals surface area contributed by atoms with E-state index in [9.17, 15) is 0 Å². The van der Waals surface area contributed by atoms with Gasteiger partial charge < -0.3 is 10.1 Å². The van der Waals surface area contributed by atoms with E-state index < -0.39 is 0 Å². The van der Waals surface area contributed by atoms with E-state index in [-0.39, 0.29) is 5.54 Å². The Morgan fingerprint density at radius 1 is 1.19 bits per heavy atom. The van der Waals surface area contributed by atoms with Crippen LogP contribution in [0.1, 0.15) is 32.0 Å². The Kier molecular flexibility index (Phi) is 4.86. The lowest BCUT2D eigenvalue weighted by molar-refractivity contribution is 0.416. The Morgan fingerprint density at radius 2 is 1.95 bits per heavy atom. The van der Waals surface area contributed by atoms with Crippen molar-refractivity contribution in [3.05, 3.63) is 52.7 Å².